The maximum absolute atomic E-state index is 12.4. The number of imidazole rings is 1. The molecule has 0 bridgehead atoms. The van der Waals surface area contributed by atoms with Gasteiger partial charge in [0.1, 0.15) is 5.82 Å². The van der Waals surface area contributed by atoms with Gasteiger partial charge in [-0.3, -0.25) is 0 Å². The fraction of sp³-hybridized carbons (Fsp3) is 0.474. The second-order valence-corrected chi connectivity index (χ2v) is 6.92. The van der Waals surface area contributed by atoms with Crippen molar-refractivity contribution in [2.45, 2.75) is 58.8 Å². The topological polar surface area (TPSA) is 50.2 Å². The number of carbonyl (C=O) groups is 1. The number of hydrogen-bond acceptors (Lipinski definition) is 2. The minimum Gasteiger partial charge on any atom is -0.336 e. The summed E-state index contributed by atoms with van der Waals surface area (Å²) in [4.78, 5) is 18.9. The van der Waals surface area contributed by atoms with Crippen LogP contribution in [0.2, 0.25) is 0 Å². The standard InChI is InChI=1S/C19H26N4O/c1-14(2)21-19(24)23(17-8-9-17)13-18-20-10-11-22(18)12-16-6-4-15(3)5-7-16/h4-7,10-11,14,17H,8-9,12-13H2,1-3H3,(H,21,24). The maximum atomic E-state index is 12.4. The van der Waals surface area contributed by atoms with Crippen molar-refractivity contribution in [1.29, 1.82) is 0 Å². The molecule has 1 aromatic carbocycles. The van der Waals surface area contributed by atoms with Crippen LogP contribution in [0, 0.1) is 6.92 Å². The van der Waals surface area contributed by atoms with Crippen LogP contribution in [-0.4, -0.2) is 32.6 Å². The van der Waals surface area contributed by atoms with E-state index in [4.69, 9.17) is 0 Å². The molecule has 0 aliphatic heterocycles. The predicted molar refractivity (Wildman–Crippen MR) is 94.7 cm³/mol. The molecule has 0 saturated heterocycles. The van der Waals surface area contributed by atoms with E-state index >= 15 is 0 Å². The monoisotopic (exact) mass is 326 g/mol. The van der Waals surface area contributed by atoms with E-state index in [1.54, 1.807) is 0 Å². The molecule has 1 aromatic heterocycles. The molecule has 1 aliphatic carbocycles. The van der Waals surface area contributed by atoms with Gasteiger partial charge in [-0.25, -0.2) is 9.78 Å². The average Bonchev–Trinajstić information content (AvgIpc) is 3.27. The summed E-state index contributed by atoms with van der Waals surface area (Å²) in [5.41, 5.74) is 2.50. The van der Waals surface area contributed by atoms with Gasteiger partial charge in [0, 0.05) is 31.0 Å². The molecule has 0 atom stereocenters. The molecular weight excluding hydrogens is 300 g/mol. The van der Waals surface area contributed by atoms with E-state index in [1.807, 2.05) is 31.1 Å². The summed E-state index contributed by atoms with van der Waals surface area (Å²) in [6.07, 6.45) is 5.98. The van der Waals surface area contributed by atoms with Crippen LogP contribution in [0.25, 0.3) is 0 Å². The van der Waals surface area contributed by atoms with Crippen molar-refractivity contribution in [2.75, 3.05) is 0 Å². The average molecular weight is 326 g/mol. The summed E-state index contributed by atoms with van der Waals surface area (Å²) in [5.74, 6) is 0.932. The summed E-state index contributed by atoms with van der Waals surface area (Å²) < 4.78 is 2.13. The van der Waals surface area contributed by atoms with Gasteiger partial charge in [-0.05, 0) is 39.2 Å². The quantitative estimate of drug-likeness (QED) is 0.885. The molecule has 0 unspecified atom stereocenters. The Bertz CT molecular complexity index is 686. The zero-order valence-electron chi connectivity index (χ0n) is 14.7. The zero-order chi connectivity index (χ0) is 17.1. The van der Waals surface area contributed by atoms with Crippen molar-refractivity contribution < 1.29 is 4.79 Å². The Balaban J connectivity index is 1.71. The molecular formula is C19H26N4O. The summed E-state index contributed by atoms with van der Waals surface area (Å²) in [6, 6.07) is 9.04. The largest absolute Gasteiger partial charge is 0.336 e. The summed E-state index contributed by atoms with van der Waals surface area (Å²) in [5, 5.41) is 3.00. The van der Waals surface area contributed by atoms with Crippen LogP contribution < -0.4 is 5.32 Å². The lowest BCUT2D eigenvalue weighted by Crippen LogP contribution is -2.44. The zero-order valence-corrected chi connectivity index (χ0v) is 14.7. The van der Waals surface area contributed by atoms with Gasteiger partial charge >= 0.3 is 6.03 Å². The lowest BCUT2D eigenvalue weighted by molar-refractivity contribution is 0.187. The Kier molecular flexibility index (Phi) is 4.88. The highest BCUT2D eigenvalue weighted by molar-refractivity contribution is 5.75. The van der Waals surface area contributed by atoms with Crippen LogP contribution >= 0.6 is 0 Å². The first-order valence-corrected chi connectivity index (χ1v) is 8.65. The second-order valence-electron chi connectivity index (χ2n) is 6.92. The number of nitrogens with one attached hydrogen (secondary N) is 1. The minimum absolute atomic E-state index is 0.0115. The number of aryl methyl sites for hydroxylation is 1. The molecule has 128 valence electrons. The molecule has 2 amide bonds. The highest BCUT2D eigenvalue weighted by atomic mass is 16.2. The fourth-order valence-electron chi connectivity index (χ4n) is 2.76. The Hall–Kier alpha value is -2.30. The normalized spacial score (nSPS) is 14.0. The lowest BCUT2D eigenvalue weighted by Gasteiger charge is -2.24. The molecule has 1 saturated carbocycles. The Labute approximate surface area is 143 Å². The highest BCUT2D eigenvalue weighted by Gasteiger charge is 2.33. The van der Waals surface area contributed by atoms with Crippen molar-refractivity contribution in [3.05, 3.63) is 53.6 Å². The van der Waals surface area contributed by atoms with Crippen LogP contribution in [-0.2, 0) is 13.1 Å². The van der Waals surface area contributed by atoms with E-state index in [1.165, 1.54) is 11.1 Å². The molecule has 3 rings (SSSR count). The summed E-state index contributed by atoms with van der Waals surface area (Å²) in [7, 11) is 0. The second kappa shape index (κ2) is 7.07. The highest BCUT2D eigenvalue weighted by Crippen LogP contribution is 2.28. The Morgan fingerprint density at radius 1 is 1.33 bits per heavy atom. The van der Waals surface area contributed by atoms with Gasteiger partial charge in [0.2, 0.25) is 0 Å². The first-order chi connectivity index (χ1) is 11.5. The number of rotatable bonds is 6. The van der Waals surface area contributed by atoms with E-state index in [0.29, 0.717) is 12.6 Å². The molecule has 5 nitrogen and oxygen atoms in total. The van der Waals surface area contributed by atoms with E-state index in [0.717, 1.165) is 25.2 Å². The number of hydrogen-bond donors (Lipinski definition) is 1. The van der Waals surface area contributed by atoms with E-state index in [2.05, 4.69) is 46.1 Å². The fourth-order valence-corrected chi connectivity index (χ4v) is 2.76. The number of aromatic nitrogens is 2. The summed E-state index contributed by atoms with van der Waals surface area (Å²) in [6.45, 7) is 7.40. The number of urea groups is 1. The van der Waals surface area contributed by atoms with Crippen LogP contribution in [0.4, 0.5) is 4.79 Å². The third kappa shape index (κ3) is 4.16. The molecule has 1 aliphatic rings. The first kappa shape index (κ1) is 16.6. The number of nitrogens with zero attached hydrogens (tertiary/aromatic N) is 3. The molecule has 5 heteroatoms. The van der Waals surface area contributed by atoms with Gasteiger partial charge in [0.15, 0.2) is 0 Å². The smallest absolute Gasteiger partial charge is 0.318 e. The number of benzene rings is 1. The van der Waals surface area contributed by atoms with E-state index in [9.17, 15) is 4.79 Å². The first-order valence-electron chi connectivity index (χ1n) is 8.65. The van der Waals surface area contributed by atoms with Crippen LogP contribution in [0.1, 0.15) is 43.6 Å². The van der Waals surface area contributed by atoms with E-state index < -0.39 is 0 Å². The van der Waals surface area contributed by atoms with Crippen LogP contribution in [0.3, 0.4) is 0 Å². The molecule has 1 fully saturated rings. The third-order valence-electron chi connectivity index (χ3n) is 4.25. The van der Waals surface area contributed by atoms with Gasteiger partial charge in [-0.2, -0.15) is 0 Å². The molecule has 0 radical (unpaired) electrons. The van der Waals surface area contributed by atoms with Gasteiger partial charge < -0.3 is 14.8 Å². The molecule has 1 N–H and O–H groups in total. The molecule has 24 heavy (non-hydrogen) atoms. The number of carbonyl (C=O) groups excluding carboxylic acids is 1. The minimum atomic E-state index is 0.0115. The predicted octanol–water partition coefficient (Wildman–Crippen LogP) is 3.32. The van der Waals surface area contributed by atoms with Crippen molar-refractivity contribution >= 4 is 6.03 Å². The van der Waals surface area contributed by atoms with Crippen molar-refractivity contribution in [3.63, 3.8) is 0 Å². The number of amides is 2. The summed E-state index contributed by atoms with van der Waals surface area (Å²) >= 11 is 0. The Morgan fingerprint density at radius 2 is 2.04 bits per heavy atom. The van der Waals surface area contributed by atoms with Gasteiger partial charge in [-0.15, -0.1) is 0 Å². The molecule has 0 spiro atoms. The van der Waals surface area contributed by atoms with Crippen molar-refractivity contribution in [3.8, 4) is 0 Å². The van der Waals surface area contributed by atoms with Crippen molar-refractivity contribution in [1.82, 2.24) is 19.8 Å². The SMILES string of the molecule is Cc1ccc(Cn2ccnc2CN(C(=O)NC(C)C)C2CC2)cc1. The van der Waals surface area contributed by atoms with Gasteiger partial charge in [0.25, 0.3) is 0 Å². The Morgan fingerprint density at radius 3 is 2.67 bits per heavy atom. The lowest BCUT2D eigenvalue weighted by atomic mass is 10.1. The van der Waals surface area contributed by atoms with Crippen LogP contribution in [0.15, 0.2) is 36.7 Å². The van der Waals surface area contributed by atoms with E-state index in [-0.39, 0.29) is 12.1 Å². The van der Waals surface area contributed by atoms with Crippen molar-refractivity contribution in [2.24, 2.45) is 0 Å². The third-order valence-corrected chi connectivity index (χ3v) is 4.25. The van der Waals surface area contributed by atoms with Gasteiger partial charge in [0.05, 0.1) is 6.54 Å². The maximum Gasteiger partial charge on any atom is 0.318 e. The molecule has 2 aromatic rings. The molecule has 1 heterocycles. The van der Waals surface area contributed by atoms with Gasteiger partial charge in [-0.1, -0.05) is 29.8 Å². The van der Waals surface area contributed by atoms with Crippen LogP contribution in [0.5, 0.6) is 0 Å².